The van der Waals surface area contributed by atoms with Crippen molar-refractivity contribution in [1.82, 2.24) is 10.2 Å². The number of hydrogen-bond acceptors (Lipinski definition) is 6. The lowest BCUT2D eigenvalue weighted by molar-refractivity contribution is -0.384. The number of esters is 1. The number of hydrogen-bond donors (Lipinski definition) is 1. The van der Waals surface area contributed by atoms with Gasteiger partial charge in [0.05, 0.1) is 33.9 Å². The highest BCUT2D eigenvalue weighted by Crippen LogP contribution is 2.33. The van der Waals surface area contributed by atoms with Crippen molar-refractivity contribution in [1.29, 1.82) is 0 Å². The molecule has 1 heterocycles. The average Bonchev–Trinajstić information content (AvgIpc) is 2.78. The van der Waals surface area contributed by atoms with Gasteiger partial charge in [-0.15, -0.1) is 0 Å². The number of amides is 2. The smallest absolute Gasteiger partial charge is 0.338 e. The quantitative estimate of drug-likeness (QED) is 0.359. The summed E-state index contributed by atoms with van der Waals surface area (Å²) in [6, 6.07) is 11.2. The van der Waals surface area contributed by atoms with Crippen molar-refractivity contribution in [2.24, 2.45) is 0 Å². The van der Waals surface area contributed by atoms with Crippen LogP contribution in [-0.4, -0.2) is 41.6 Å². The Hall–Kier alpha value is -3.59. The molecule has 0 aliphatic carbocycles. The third-order valence-electron chi connectivity index (χ3n) is 4.89. The number of carbonyl (C=O) groups excluding carboxylic acids is 2. The Morgan fingerprint density at radius 3 is 2.47 bits per heavy atom. The number of carbonyl (C=O) groups is 2. The lowest BCUT2D eigenvalue weighted by Gasteiger charge is -2.36. The van der Waals surface area contributed by atoms with Crippen molar-refractivity contribution in [2.75, 3.05) is 19.8 Å². The fourth-order valence-electron chi connectivity index (χ4n) is 3.39. The Morgan fingerprint density at radius 2 is 1.88 bits per heavy atom. The summed E-state index contributed by atoms with van der Waals surface area (Å²) in [5.41, 5.74) is 0.917. The number of urea groups is 1. The fourth-order valence-corrected chi connectivity index (χ4v) is 3.58. The Kier molecular flexibility index (Phi) is 7.32. The van der Waals surface area contributed by atoms with Crippen molar-refractivity contribution < 1.29 is 24.0 Å². The van der Waals surface area contributed by atoms with Crippen LogP contribution in [0.1, 0.15) is 25.5 Å². The number of benzene rings is 2. The second kappa shape index (κ2) is 10.1. The van der Waals surface area contributed by atoms with Crippen LogP contribution in [0.2, 0.25) is 5.02 Å². The zero-order chi connectivity index (χ0) is 23.3. The fraction of sp³-hybridized carbons (Fsp3) is 0.273. The molecule has 1 aliphatic heterocycles. The molecule has 0 bridgehead atoms. The van der Waals surface area contributed by atoms with E-state index >= 15 is 0 Å². The minimum atomic E-state index is -0.866. The van der Waals surface area contributed by atoms with Crippen LogP contribution in [0.4, 0.5) is 10.5 Å². The van der Waals surface area contributed by atoms with E-state index in [9.17, 15) is 19.7 Å². The summed E-state index contributed by atoms with van der Waals surface area (Å²) >= 11 is 6.17. The Balaban J connectivity index is 2.07. The van der Waals surface area contributed by atoms with Crippen molar-refractivity contribution in [3.05, 3.63) is 80.5 Å². The number of nitrogens with one attached hydrogen (secondary N) is 1. The first-order chi connectivity index (χ1) is 15.4. The second-order valence-corrected chi connectivity index (χ2v) is 7.18. The van der Waals surface area contributed by atoms with Crippen LogP contribution in [0, 0.1) is 10.1 Å². The Bertz CT molecular complexity index is 1050. The molecule has 168 valence electrons. The number of rotatable bonds is 8. The van der Waals surface area contributed by atoms with E-state index in [0.29, 0.717) is 22.0 Å². The van der Waals surface area contributed by atoms with Crippen LogP contribution in [0.15, 0.2) is 59.8 Å². The van der Waals surface area contributed by atoms with Gasteiger partial charge in [-0.2, -0.15) is 0 Å². The van der Waals surface area contributed by atoms with Crippen LogP contribution in [0.5, 0.6) is 5.75 Å². The highest BCUT2D eigenvalue weighted by molar-refractivity contribution is 6.32. The predicted octanol–water partition coefficient (Wildman–Crippen LogP) is 4.23. The molecule has 0 fully saturated rings. The highest BCUT2D eigenvalue weighted by atomic mass is 35.5. The van der Waals surface area contributed by atoms with Crippen LogP contribution in [0.25, 0.3) is 0 Å². The molecule has 0 unspecified atom stereocenters. The molecule has 2 aromatic carbocycles. The van der Waals surface area contributed by atoms with Gasteiger partial charge in [-0.3, -0.25) is 15.0 Å². The zero-order valence-electron chi connectivity index (χ0n) is 17.5. The Morgan fingerprint density at radius 1 is 1.19 bits per heavy atom. The van der Waals surface area contributed by atoms with E-state index < -0.39 is 23.0 Å². The molecule has 0 spiro atoms. The van der Waals surface area contributed by atoms with E-state index in [1.165, 1.54) is 29.2 Å². The SMILES string of the molecule is CCOC(=O)C1=C(COc2ccccc2Cl)N(CC)C(=O)N[C@@H]1c1ccc([N+](=O)[O-])cc1. The van der Waals surface area contributed by atoms with Gasteiger partial charge in [0, 0.05) is 18.7 Å². The molecule has 32 heavy (non-hydrogen) atoms. The molecule has 9 nitrogen and oxygen atoms in total. The molecule has 1 aliphatic rings. The van der Waals surface area contributed by atoms with E-state index in [1.54, 1.807) is 38.1 Å². The number of nitro benzene ring substituents is 1. The van der Waals surface area contributed by atoms with Crippen molar-refractivity contribution >= 4 is 29.3 Å². The third kappa shape index (κ3) is 4.83. The standard InChI is InChI=1S/C22H22ClN3O6/c1-3-25-17(13-32-18-8-6-5-7-16(18)23)19(21(27)31-4-2)20(24-22(25)28)14-9-11-15(12-10-14)26(29)30/h5-12,20H,3-4,13H2,1-2H3,(H,24,28)/t20-/m1/s1. The van der Waals surface area contributed by atoms with Gasteiger partial charge in [-0.1, -0.05) is 23.7 Å². The summed E-state index contributed by atoms with van der Waals surface area (Å²) < 4.78 is 11.1. The molecule has 1 N–H and O–H groups in total. The maximum Gasteiger partial charge on any atom is 0.338 e. The van der Waals surface area contributed by atoms with E-state index in [2.05, 4.69) is 5.32 Å². The maximum absolute atomic E-state index is 13.0. The number of nitrogens with zero attached hydrogens (tertiary/aromatic N) is 2. The average molecular weight is 460 g/mol. The molecular formula is C22H22ClN3O6. The van der Waals surface area contributed by atoms with Gasteiger partial charge >= 0.3 is 12.0 Å². The first kappa shape index (κ1) is 23.1. The summed E-state index contributed by atoms with van der Waals surface area (Å²) in [6.07, 6.45) is 0. The number of halogens is 1. The van der Waals surface area contributed by atoms with E-state index in [0.717, 1.165) is 0 Å². The lowest BCUT2D eigenvalue weighted by Crippen LogP contribution is -2.49. The van der Waals surface area contributed by atoms with Crippen LogP contribution in [0.3, 0.4) is 0 Å². The van der Waals surface area contributed by atoms with Gasteiger partial charge in [-0.25, -0.2) is 9.59 Å². The molecule has 1 atom stereocenters. The van der Waals surface area contributed by atoms with Gasteiger partial charge in [0.15, 0.2) is 0 Å². The number of nitro groups is 1. The molecule has 0 aromatic heterocycles. The molecular weight excluding hydrogens is 438 g/mol. The molecule has 0 saturated heterocycles. The summed E-state index contributed by atoms with van der Waals surface area (Å²) in [5, 5.41) is 14.2. The van der Waals surface area contributed by atoms with Gasteiger partial charge in [-0.05, 0) is 43.7 Å². The monoisotopic (exact) mass is 459 g/mol. The third-order valence-corrected chi connectivity index (χ3v) is 5.20. The number of likely N-dealkylation sites (N-methyl/N-ethyl adjacent to an activating group) is 1. The lowest BCUT2D eigenvalue weighted by atomic mass is 9.94. The van der Waals surface area contributed by atoms with Crippen LogP contribution in [-0.2, 0) is 9.53 Å². The highest BCUT2D eigenvalue weighted by Gasteiger charge is 2.38. The molecule has 0 radical (unpaired) electrons. The largest absolute Gasteiger partial charge is 0.486 e. The molecule has 2 aromatic rings. The van der Waals surface area contributed by atoms with Crippen molar-refractivity contribution in [3.63, 3.8) is 0 Å². The normalized spacial score (nSPS) is 15.9. The Labute approximate surface area is 189 Å². The van der Waals surface area contributed by atoms with E-state index in [4.69, 9.17) is 21.1 Å². The van der Waals surface area contributed by atoms with Crippen LogP contribution >= 0.6 is 11.6 Å². The minimum Gasteiger partial charge on any atom is -0.486 e. The van der Waals surface area contributed by atoms with Gasteiger partial charge in [0.25, 0.3) is 5.69 Å². The molecule has 0 saturated carbocycles. The van der Waals surface area contributed by atoms with Crippen LogP contribution < -0.4 is 10.1 Å². The van der Waals surface area contributed by atoms with Gasteiger partial charge in [0.1, 0.15) is 12.4 Å². The zero-order valence-corrected chi connectivity index (χ0v) is 18.3. The molecule has 10 heteroatoms. The second-order valence-electron chi connectivity index (χ2n) is 6.78. The first-order valence-corrected chi connectivity index (χ1v) is 10.3. The molecule has 3 rings (SSSR count). The topological polar surface area (TPSA) is 111 Å². The van der Waals surface area contributed by atoms with Gasteiger partial charge < -0.3 is 14.8 Å². The first-order valence-electron chi connectivity index (χ1n) is 9.97. The summed E-state index contributed by atoms with van der Waals surface area (Å²) in [4.78, 5) is 37.7. The summed E-state index contributed by atoms with van der Waals surface area (Å²) in [5.74, 6) is -0.217. The maximum atomic E-state index is 13.0. The number of para-hydroxylation sites is 1. The van der Waals surface area contributed by atoms with E-state index in [1.807, 2.05) is 0 Å². The number of non-ortho nitro benzene ring substituents is 1. The van der Waals surface area contributed by atoms with Crippen molar-refractivity contribution in [2.45, 2.75) is 19.9 Å². The summed E-state index contributed by atoms with van der Waals surface area (Å²) in [6.45, 7) is 3.75. The summed E-state index contributed by atoms with van der Waals surface area (Å²) in [7, 11) is 0. The predicted molar refractivity (Wildman–Crippen MR) is 117 cm³/mol. The van der Waals surface area contributed by atoms with Crippen molar-refractivity contribution in [3.8, 4) is 5.75 Å². The van der Waals surface area contributed by atoms with E-state index in [-0.39, 0.29) is 31.0 Å². The minimum absolute atomic E-state index is 0.102. The molecule has 2 amide bonds. The number of ether oxygens (including phenoxy) is 2. The van der Waals surface area contributed by atoms with Gasteiger partial charge in [0.2, 0.25) is 0 Å².